The van der Waals surface area contributed by atoms with Crippen LogP contribution in [0, 0.1) is 5.92 Å². The van der Waals surface area contributed by atoms with Gasteiger partial charge in [0.15, 0.2) is 5.06 Å². The van der Waals surface area contributed by atoms with Crippen LogP contribution in [0.4, 0.5) is 4.79 Å². The number of aliphatic hydroxyl groups is 1. The normalized spacial score (nSPS) is 19.2. The first-order chi connectivity index (χ1) is 15.5. The van der Waals surface area contributed by atoms with Crippen molar-refractivity contribution in [2.24, 2.45) is 5.92 Å². The zero-order chi connectivity index (χ0) is 22.9. The fourth-order valence-electron chi connectivity index (χ4n) is 4.57. The first kappa shape index (κ1) is 24.5. The van der Waals surface area contributed by atoms with Crippen molar-refractivity contribution in [3.63, 3.8) is 0 Å². The van der Waals surface area contributed by atoms with E-state index in [1.54, 1.807) is 6.07 Å². The predicted octanol–water partition coefficient (Wildman–Crippen LogP) is 6.59. The summed E-state index contributed by atoms with van der Waals surface area (Å²) in [5, 5.41) is 10.9. The van der Waals surface area contributed by atoms with Crippen LogP contribution in [0.1, 0.15) is 86.3 Å². The molecule has 0 amide bonds. The Hall–Kier alpha value is -2.18. The molecule has 3 rings (SSSR count). The Morgan fingerprint density at radius 3 is 2.66 bits per heavy atom. The zero-order valence-corrected chi connectivity index (χ0v) is 19.9. The van der Waals surface area contributed by atoms with Crippen molar-refractivity contribution >= 4 is 23.3 Å². The van der Waals surface area contributed by atoms with Crippen molar-refractivity contribution in [1.29, 1.82) is 0 Å². The van der Waals surface area contributed by atoms with E-state index in [1.165, 1.54) is 18.4 Å². The number of benzene rings is 1. The van der Waals surface area contributed by atoms with Crippen LogP contribution in [0.5, 0.6) is 5.06 Å². The Kier molecular flexibility index (Phi) is 9.30. The summed E-state index contributed by atoms with van der Waals surface area (Å²) in [6.45, 7) is 2.16. The number of Topliss-reactive ketones (excluding diaryl/α,β-unsaturated/α-hetero) is 1. The van der Waals surface area contributed by atoms with Crippen LogP contribution in [0.2, 0.25) is 0 Å². The third kappa shape index (κ3) is 6.66. The lowest BCUT2D eigenvalue weighted by Gasteiger charge is -2.20. The fourth-order valence-corrected chi connectivity index (χ4v) is 5.46. The summed E-state index contributed by atoms with van der Waals surface area (Å²) < 4.78 is 9.58. The van der Waals surface area contributed by atoms with Gasteiger partial charge in [-0.1, -0.05) is 50.5 Å². The van der Waals surface area contributed by atoms with Gasteiger partial charge in [-0.05, 0) is 61.3 Å². The molecule has 1 heterocycles. The van der Waals surface area contributed by atoms with E-state index in [2.05, 4.69) is 11.7 Å². The van der Waals surface area contributed by atoms with E-state index < -0.39 is 12.3 Å². The molecule has 3 atom stereocenters. The quantitative estimate of drug-likeness (QED) is 0.304. The van der Waals surface area contributed by atoms with E-state index in [9.17, 15) is 14.7 Å². The number of carbonyl (C=O) groups excluding carboxylic acids is 2. The van der Waals surface area contributed by atoms with Crippen LogP contribution in [0.3, 0.4) is 0 Å². The summed E-state index contributed by atoms with van der Waals surface area (Å²) in [5.41, 5.74) is 2.02. The van der Waals surface area contributed by atoms with Crippen molar-refractivity contribution < 1.29 is 24.2 Å². The third-order valence-corrected chi connectivity index (χ3v) is 7.35. The van der Waals surface area contributed by atoms with Gasteiger partial charge in [0, 0.05) is 17.2 Å². The van der Waals surface area contributed by atoms with E-state index in [1.807, 2.05) is 30.3 Å². The predicted molar refractivity (Wildman–Crippen MR) is 126 cm³/mol. The van der Waals surface area contributed by atoms with Crippen molar-refractivity contribution in [3.05, 3.63) is 52.4 Å². The van der Waals surface area contributed by atoms with Crippen molar-refractivity contribution in [1.82, 2.24) is 0 Å². The molecule has 1 aromatic heterocycles. The Morgan fingerprint density at radius 1 is 1.16 bits per heavy atom. The van der Waals surface area contributed by atoms with Crippen LogP contribution in [-0.4, -0.2) is 24.2 Å². The molecule has 0 saturated heterocycles. The lowest BCUT2D eigenvalue weighted by Crippen LogP contribution is -2.13. The van der Waals surface area contributed by atoms with E-state index >= 15 is 0 Å². The topological polar surface area (TPSA) is 72.8 Å². The number of aryl methyl sites for hydroxylation is 1. The van der Waals surface area contributed by atoms with Gasteiger partial charge in [-0.3, -0.25) is 4.79 Å². The van der Waals surface area contributed by atoms with E-state index in [-0.39, 0.29) is 5.92 Å². The Balaban J connectivity index is 1.53. The third-order valence-electron chi connectivity index (χ3n) is 6.33. The van der Waals surface area contributed by atoms with Crippen LogP contribution < -0.4 is 4.74 Å². The number of thiophene rings is 1. The molecular weight excluding hydrogens is 424 g/mol. The number of ketones is 1. The number of aliphatic hydroxyl groups excluding tert-OH is 1. The molecule has 1 fully saturated rings. The minimum Gasteiger partial charge on any atom is -0.437 e. The molecule has 1 aliphatic rings. The van der Waals surface area contributed by atoms with Crippen molar-refractivity contribution in [2.45, 2.75) is 76.7 Å². The number of hydrogen-bond acceptors (Lipinski definition) is 6. The van der Waals surface area contributed by atoms with Crippen molar-refractivity contribution in [2.75, 3.05) is 7.11 Å². The summed E-state index contributed by atoms with van der Waals surface area (Å²) >= 11 is 1.45. The summed E-state index contributed by atoms with van der Waals surface area (Å²) in [4.78, 5) is 25.0. The summed E-state index contributed by atoms with van der Waals surface area (Å²) in [6.07, 6.45) is 7.42. The molecule has 1 aromatic carbocycles. The van der Waals surface area contributed by atoms with Gasteiger partial charge in [-0.25, -0.2) is 4.79 Å². The van der Waals surface area contributed by atoms with Gasteiger partial charge in [0.2, 0.25) is 0 Å². The van der Waals surface area contributed by atoms with Gasteiger partial charge < -0.3 is 14.6 Å². The average Bonchev–Trinajstić information content (AvgIpc) is 3.40. The van der Waals surface area contributed by atoms with E-state index in [0.717, 1.165) is 67.4 Å². The first-order valence-electron chi connectivity index (χ1n) is 11.7. The van der Waals surface area contributed by atoms with Crippen LogP contribution in [0.15, 0.2) is 36.4 Å². The summed E-state index contributed by atoms with van der Waals surface area (Å²) in [7, 11) is 1.29. The Bertz CT molecular complexity index is 873. The lowest BCUT2D eigenvalue weighted by atomic mass is 9.84. The Morgan fingerprint density at radius 2 is 1.94 bits per heavy atom. The molecule has 174 valence electrons. The Labute approximate surface area is 194 Å². The van der Waals surface area contributed by atoms with Crippen LogP contribution in [0.25, 0.3) is 0 Å². The molecule has 6 heteroatoms. The van der Waals surface area contributed by atoms with Crippen molar-refractivity contribution in [3.8, 4) is 5.06 Å². The van der Waals surface area contributed by atoms with Gasteiger partial charge in [-0.15, -0.1) is 11.3 Å². The zero-order valence-electron chi connectivity index (χ0n) is 19.0. The second kappa shape index (κ2) is 12.2. The van der Waals surface area contributed by atoms with Gasteiger partial charge in [0.05, 0.1) is 13.2 Å². The second-order valence-electron chi connectivity index (χ2n) is 8.59. The number of unbranched alkanes of at least 4 members (excludes halogenated alkanes) is 2. The molecule has 0 unspecified atom stereocenters. The number of carbonyl (C=O) groups is 2. The molecule has 0 aliphatic heterocycles. The summed E-state index contributed by atoms with van der Waals surface area (Å²) in [6, 6.07) is 11.8. The molecule has 2 aromatic rings. The molecule has 1 N–H and O–H groups in total. The monoisotopic (exact) mass is 458 g/mol. The highest BCUT2D eigenvalue weighted by Gasteiger charge is 2.35. The van der Waals surface area contributed by atoms with Gasteiger partial charge in [-0.2, -0.15) is 0 Å². The minimum atomic E-state index is -0.704. The molecule has 0 radical (unpaired) electrons. The molecule has 32 heavy (non-hydrogen) atoms. The maximum atomic E-state index is 12.6. The molecule has 1 aliphatic carbocycles. The highest BCUT2D eigenvalue weighted by atomic mass is 32.1. The lowest BCUT2D eigenvalue weighted by molar-refractivity contribution is -0.119. The summed E-state index contributed by atoms with van der Waals surface area (Å²) in [5.74, 6) is 0.646. The average molecular weight is 459 g/mol. The molecule has 0 bridgehead atoms. The van der Waals surface area contributed by atoms with Crippen LogP contribution >= 0.6 is 11.3 Å². The van der Waals surface area contributed by atoms with Gasteiger partial charge in [0.1, 0.15) is 5.78 Å². The first-order valence-corrected chi connectivity index (χ1v) is 12.5. The van der Waals surface area contributed by atoms with E-state index in [0.29, 0.717) is 23.2 Å². The molecule has 1 saturated carbocycles. The largest absolute Gasteiger partial charge is 0.514 e. The standard InChI is InChI=1S/C26H34O5S/c1-3-4-5-9-22(27)18-10-12-20(13-11-18)25-19(14-16-23(25)28)7-6-8-21-15-17-24(32-21)31-26(29)30-2/h10-13,15,17,19,22,25,27H,3-9,14,16H2,1-2H3/t19-,22+,25-/m0/s1. The van der Waals surface area contributed by atoms with E-state index in [4.69, 9.17) is 4.74 Å². The molecule has 5 nitrogen and oxygen atoms in total. The number of ether oxygens (including phenoxy) is 2. The second-order valence-corrected chi connectivity index (χ2v) is 9.72. The minimum absolute atomic E-state index is 0.0390. The SMILES string of the molecule is CCCCC[C@@H](O)c1ccc([C@H]2C(=O)CC[C@@H]2CCCc2ccc(OC(=O)OC)s2)cc1. The van der Waals surface area contributed by atoms with Gasteiger partial charge >= 0.3 is 6.16 Å². The highest BCUT2D eigenvalue weighted by molar-refractivity contribution is 7.13. The maximum absolute atomic E-state index is 12.6. The molecule has 0 spiro atoms. The smallest absolute Gasteiger partial charge is 0.437 e. The fraction of sp³-hybridized carbons (Fsp3) is 0.538. The highest BCUT2D eigenvalue weighted by Crippen LogP contribution is 2.40. The maximum Gasteiger partial charge on any atom is 0.514 e. The van der Waals surface area contributed by atoms with Gasteiger partial charge in [0.25, 0.3) is 0 Å². The number of rotatable bonds is 11. The number of methoxy groups -OCH3 is 1. The number of hydrogen-bond donors (Lipinski definition) is 1. The molecular formula is C26H34O5S. The van der Waals surface area contributed by atoms with Crippen LogP contribution in [-0.2, 0) is 16.0 Å².